The van der Waals surface area contributed by atoms with Gasteiger partial charge in [-0.15, -0.1) is 24.0 Å². The quantitative estimate of drug-likeness (QED) is 0.337. The molecule has 0 radical (unpaired) electrons. The molecule has 26 heavy (non-hydrogen) atoms. The number of para-hydroxylation sites is 1. The van der Waals surface area contributed by atoms with Crippen molar-refractivity contribution in [2.45, 2.75) is 32.9 Å². The van der Waals surface area contributed by atoms with Crippen molar-refractivity contribution in [1.29, 1.82) is 0 Å². The van der Waals surface area contributed by atoms with Gasteiger partial charge in [-0.25, -0.2) is 0 Å². The molecule has 1 unspecified atom stereocenters. The molecule has 6 nitrogen and oxygen atoms in total. The summed E-state index contributed by atoms with van der Waals surface area (Å²) in [5.74, 6) is 1.44. The topological polar surface area (TPSA) is 63.5 Å². The zero-order valence-corrected chi connectivity index (χ0v) is 18.5. The molecule has 0 amide bonds. The van der Waals surface area contributed by atoms with Gasteiger partial charge < -0.3 is 15.4 Å². The Morgan fingerprint density at radius 1 is 1.35 bits per heavy atom. The third-order valence-electron chi connectivity index (χ3n) is 3.70. The van der Waals surface area contributed by atoms with Gasteiger partial charge in [-0.3, -0.25) is 9.67 Å². The Bertz CT molecular complexity index is 692. The van der Waals surface area contributed by atoms with Gasteiger partial charge in [0.2, 0.25) is 0 Å². The highest BCUT2D eigenvalue weighted by atomic mass is 127. The molecule has 0 aliphatic heterocycles. The molecular formula is C18H27ClIN5O. The van der Waals surface area contributed by atoms with E-state index in [9.17, 15) is 0 Å². The molecule has 0 aliphatic rings. The lowest BCUT2D eigenvalue weighted by molar-refractivity contribution is 0.199. The van der Waals surface area contributed by atoms with Crippen LogP contribution in [0.15, 0.2) is 41.7 Å². The number of aromatic nitrogens is 2. The minimum atomic E-state index is 0. The van der Waals surface area contributed by atoms with Crippen molar-refractivity contribution in [2.75, 3.05) is 20.1 Å². The van der Waals surface area contributed by atoms with Crippen molar-refractivity contribution in [3.63, 3.8) is 0 Å². The fourth-order valence-corrected chi connectivity index (χ4v) is 2.48. The van der Waals surface area contributed by atoms with Gasteiger partial charge in [-0.1, -0.05) is 30.7 Å². The highest BCUT2D eigenvalue weighted by Gasteiger charge is 2.11. The van der Waals surface area contributed by atoms with Gasteiger partial charge in [0, 0.05) is 19.8 Å². The number of guanidine groups is 1. The van der Waals surface area contributed by atoms with Crippen LogP contribution in [-0.4, -0.2) is 42.0 Å². The van der Waals surface area contributed by atoms with Crippen molar-refractivity contribution in [3.8, 4) is 5.75 Å². The Hall–Kier alpha value is -1.48. The van der Waals surface area contributed by atoms with Gasteiger partial charge >= 0.3 is 0 Å². The molecule has 0 aliphatic carbocycles. The summed E-state index contributed by atoms with van der Waals surface area (Å²) in [6, 6.07) is 7.51. The van der Waals surface area contributed by atoms with Crippen LogP contribution < -0.4 is 15.4 Å². The number of hydrogen-bond donors (Lipinski definition) is 2. The minimum Gasteiger partial charge on any atom is -0.487 e. The van der Waals surface area contributed by atoms with Crippen molar-refractivity contribution in [1.82, 2.24) is 20.4 Å². The number of ether oxygens (including phenoxy) is 1. The fraction of sp³-hybridized carbons (Fsp3) is 0.444. The summed E-state index contributed by atoms with van der Waals surface area (Å²) in [7, 11) is 1.75. The van der Waals surface area contributed by atoms with E-state index in [0.29, 0.717) is 17.3 Å². The number of hydrogen-bond acceptors (Lipinski definition) is 3. The van der Waals surface area contributed by atoms with Crippen LogP contribution in [0.2, 0.25) is 5.02 Å². The molecule has 2 aromatic rings. The summed E-state index contributed by atoms with van der Waals surface area (Å²) in [6.07, 6.45) is 4.74. The standard InChI is InChI=1S/C18H26ClN5O.HI/c1-4-15(25-17-8-6-5-7-16(17)19)12-22-18(20-3)21-9-10-24-13-14(2)11-23-24;/h5-8,11,13,15H,4,9-10,12H2,1-3H3,(H2,20,21,22);1H. The van der Waals surface area contributed by atoms with Gasteiger partial charge in [-0.2, -0.15) is 5.10 Å². The molecule has 1 heterocycles. The van der Waals surface area contributed by atoms with Crippen LogP contribution in [0.5, 0.6) is 5.75 Å². The van der Waals surface area contributed by atoms with E-state index in [4.69, 9.17) is 16.3 Å². The third kappa shape index (κ3) is 7.41. The molecule has 1 aromatic carbocycles. The van der Waals surface area contributed by atoms with Crippen LogP contribution in [0.1, 0.15) is 18.9 Å². The van der Waals surface area contributed by atoms with Crippen LogP contribution in [0.4, 0.5) is 0 Å². The van der Waals surface area contributed by atoms with Crippen LogP contribution in [-0.2, 0) is 6.54 Å². The van der Waals surface area contributed by atoms with E-state index in [-0.39, 0.29) is 30.1 Å². The second-order valence-corrected chi connectivity index (χ2v) is 6.15. The summed E-state index contributed by atoms with van der Waals surface area (Å²) in [5.41, 5.74) is 1.16. The largest absolute Gasteiger partial charge is 0.487 e. The molecule has 144 valence electrons. The molecule has 2 N–H and O–H groups in total. The first-order chi connectivity index (χ1) is 12.1. The lowest BCUT2D eigenvalue weighted by Gasteiger charge is -2.20. The number of nitrogens with one attached hydrogen (secondary N) is 2. The molecular weight excluding hydrogens is 465 g/mol. The Kier molecular flexibility index (Phi) is 10.4. The molecule has 8 heteroatoms. The number of aryl methyl sites for hydroxylation is 1. The van der Waals surface area contributed by atoms with Crippen molar-refractivity contribution < 1.29 is 4.74 Å². The van der Waals surface area contributed by atoms with Gasteiger partial charge in [0.25, 0.3) is 0 Å². The summed E-state index contributed by atoms with van der Waals surface area (Å²) < 4.78 is 7.88. The zero-order valence-electron chi connectivity index (χ0n) is 15.4. The van der Waals surface area contributed by atoms with Crippen LogP contribution in [0.3, 0.4) is 0 Å². The summed E-state index contributed by atoms with van der Waals surface area (Å²) in [6.45, 7) is 6.27. The Morgan fingerprint density at radius 2 is 2.12 bits per heavy atom. The lowest BCUT2D eigenvalue weighted by Crippen LogP contribution is -2.43. The van der Waals surface area contributed by atoms with Crippen LogP contribution >= 0.6 is 35.6 Å². The van der Waals surface area contributed by atoms with Crippen molar-refractivity contribution in [3.05, 3.63) is 47.2 Å². The Balaban J connectivity index is 0.00000338. The normalized spacial score (nSPS) is 12.2. The maximum atomic E-state index is 6.15. The number of aliphatic imine (C=N–C) groups is 1. The van der Waals surface area contributed by atoms with E-state index in [1.54, 1.807) is 7.05 Å². The zero-order chi connectivity index (χ0) is 18.1. The van der Waals surface area contributed by atoms with Crippen molar-refractivity contribution >= 4 is 41.5 Å². The SMILES string of the molecule is CCC(CNC(=NC)NCCn1cc(C)cn1)Oc1ccccc1Cl.I. The third-order valence-corrected chi connectivity index (χ3v) is 4.01. The molecule has 1 atom stereocenters. The highest BCUT2D eigenvalue weighted by molar-refractivity contribution is 14.0. The molecule has 1 aromatic heterocycles. The number of rotatable bonds is 8. The van der Waals surface area contributed by atoms with E-state index in [0.717, 1.165) is 31.0 Å². The molecule has 0 saturated carbocycles. The Morgan fingerprint density at radius 3 is 2.73 bits per heavy atom. The predicted molar refractivity (Wildman–Crippen MR) is 118 cm³/mol. The van der Waals surface area contributed by atoms with Crippen LogP contribution in [0.25, 0.3) is 0 Å². The van der Waals surface area contributed by atoms with E-state index in [1.165, 1.54) is 0 Å². The van der Waals surface area contributed by atoms with E-state index < -0.39 is 0 Å². The second-order valence-electron chi connectivity index (χ2n) is 5.74. The Labute approximate surface area is 177 Å². The first kappa shape index (κ1) is 22.6. The van der Waals surface area contributed by atoms with Crippen LogP contribution in [0, 0.1) is 6.92 Å². The lowest BCUT2D eigenvalue weighted by atomic mass is 10.2. The number of nitrogens with zero attached hydrogens (tertiary/aromatic N) is 3. The van der Waals surface area contributed by atoms with E-state index in [1.807, 2.05) is 48.3 Å². The van der Waals surface area contributed by atoms with E-state index >= 15 is 0 Å². The summed E-state index contributed by atoms with van der Waals surface area (Å²) >= 11 is 6.15. The molecule has 0 saturated heterocycles. The average molecular weight is 492 g/mol. The first-order valence-corrected chi connectivity index (χ1v) is 8.85. The molecule has 2 rings (SSSR count). The van der Waals surface area contributed by atoms with Gasteiger partial charge in [-0.05, 0) is 31.0 Å². The first-order valence-electron chi connectivity index (χ1n) is 8.47. The summed E-state index contributed by atoms with van der Waals surface area (Å²) in [4.78, 5) is 4.24. The minimum absolute atomic E-state index is 0. The highest BCUT2D eigenvalue weighted by Crippen LogP contribution is 2.24. The molecule has 0 fully saturated rings. The fourth-order valence-electron chi connectivity index (χ4n) is 2.30. The predicted octanol–water partition coefficient (Wildman–Crippen LogP) is 3.49. The summed E-state index contributed by atoms with van der Waals surface area (Å²) in [5, 5.41) is 11.5. The van der Waals surface area contributed by atoms with Gasteiger partial charge in [0.1, 0.15) is 11.9 Å². The average Bonchev–Trinajstić information content (AvgIpc) is 3.03. The van der Waals surface area contributed by atoms with E-state index in [2.05, 4.69) is 27.6 Å². The smallest absolute Gasteiger partial charge is 0.191 e. The number of halogens is 2. The van der Waals surface area contributed by atoms with Crippen molar-refractivity contribution in [2.24, 2.45) is 4.99 Å². The molecule has 0 bridgehead atoms. The maximum Gasteiger partial charge on any atom is 0.191 e. The van der Waals surface area contributed by atoms with Gasteiger partial charge in [0.15, 0.2) is 5.96 Å². The van der Waals surface area contributed by atoms with Gasteiger partial charge in [0.05, 0.1) is 24.3 Å². The number of benzene rings is 1. The maximum absolute atomic E-state index is 6.15. The molecule has 0 spiro atoms. The second kappa shape index (κ2) is 12.0. The monoisotopic (exact) mass is 491 g/mol.